The van der Waals surface area contributed by atoms with Gasteiger partial charge in [-0.25, -0.2) is 4.79 Å². The summed E-state index contributed by atoms with van der Waals surface area (Å²) in [4.78, 5) is 12.3. The Balaban J connectivity index is 2.61. The van der Waals surface area contributed by atoms with Crippen molar-refractivity contribution in [2.45, 2.75) is 13.8 Å². The van der Waals surface area contributed by atoms with Gasteiger partial charge in [-0.05, 0) is 19.9 Å². The molecule has 2 rings (SSSR count). The van der Waals surface area contributed by atoms with E-state index >= 15 is 0 Å². The number of thiophene rings is 1. The highest BCUT2D eigenvalue weighted by molar-refractivity contribution is 7.14. The first-order valence-electron chi connectivity index (χ1n) is 5.53. The summed E-state index contributed by atoms with van der Waals surface area (Å²) in [5.74, 6) is -0.885. The zero-order valence-corrected chi connectivity index (χ0v) is 11.3. The molecule has 94 valence electrons. The first kappa shape index (κ1) is 12.6. The number of aryl methyl sites for hydroxylation is 2. The monoisotopic (exact) mass is 262 g/mol. The van der Waals surface area contributed by atoms with Crippen molar-refractivity contribution in [2.24, 2.45) is 7.05 Å². The van der Waals surface area contributed by atoms with Crippen molar-refractivity contribution in [1.29, 1.82) is 0 Å². The summed E-state index contributed by atoms with van der Waals surface area (Å²) in [6.45, 7) is 3.87. The molecule has 0 aromatic carbocycles. The van der Waals surface area contributed by atoms with E-state index in [2.05, 4.69) is 5.10 Å². The van der Waals surface area contributed by atoms with Gasteiger partial charge in [0.05, 0.1) is 11.9 Å². The third-order valence-corrected chi connectivity index (χ3v) is 3.74. The van der Waals surface area contributed by atoms with Crippen molar-refractivity contribution in [3.63, 3.8) is 0 Å². The molecule has 2 heterocycles. The smallest absolute Gasteiger partial charge is 0.345 e. The predicted molar refractivity (Wildman–Crippen MR) is 72.9 cm³/mol. The molecule has 5 heteroatoms. The van der Waals surface area contributed by atoms with Crippen LogP contribution in [0.1, 0.15) is 27.0 Å². The van der Waals surface area contributed by atoms with Crippen molar-refractivity contribution in [3.8, 4) is 11.3 Å². The Morgan fingerprint density at radius 3 is 2.83 bits per heavy atom. The topological polar surface area (TPSA) is 55.1 Å². The van der Waals surface area contributed by atoms with E-state index in [0.717, 1.165) is 21.7 Å². The molecule has 1 N–H and O–H groups in total. The van der Waals surface area contributed by atoms with Crippen LogP contribution in [0.4, 0.5) is 0 Å². The molecular weight excluding hydrogens is 248 g/mol. The molecular formula is C13H14N2O2S. The van der Waals surface area contributed by atoms with Gasteiger partial charge in [0.1, 0.15) is 4.88 Å². The van der Waals surface area contributed by atoms with Gasteiger partial charge >= 0.3 is 5.97 Å². The highest BCUT2D eigenvalue weighted by Gasteiger charge is 2.17. The largest absolute Gasteiger partial charge is 0.477 e. The highest BCUT2D eigenvalue weighted by Crippen LogP contribution is 2.33. The maximum absolute atomic E-state index is 11.0. The van der Waals surface area contributed by atoms with E-state index in [1.807, 2.05) is 33.0 Å². The SMILES string of the molecule is C/C=C\c1cnn(C)c1-c1cc(C(=O)O)sc1C. The number of carboxylic acids is 1. The molecule has 2 aromatic heterocycles. The van der Waals surface area contributed by atoms with Crippen LogP contribution in [0.25, 0.3) is 17.3 Å². The van der Waals surface area contributed by atoms with Gasteiger partial charge in [-0.3, -0.25) is 4.68 Å². The lowest BCUT2D eigenvalue weighted by molar-refractivity contribution is 0.0702. The molecule has 18 heavy (non-hydrogen) atoms. The second-order valence-corrected chi connectivity index (χ2v) is 5.21. The highest BCUT2D eigenvalue weighted by atomic mass is 32.1. The maximum Gasteiger partial charge on any atom is 0.345 e. The van der Waals surface area contributed by atoms with Gasteiger partial charge in [0.15, 0.2) is 0 Å². The Morgan fingerprint density at radius 2 is 2.28 bits per heavy atom. The molecule has 0 atom stereocenters. The summed E-state index contributed by atoms with van der Waals surface area (Å²) in [5, 5.41) is 13.3. The summed E-state index contributed by atoms with van der Waals surface area (Å²) >= 11 is 1.29. The number of hydrogen-bond donors (Lipinski definition) is 1. The fourth-order valence-electron chi connectivity index (χ4n) is 1.91. The van der Waals surface area contributed by atoms with E-state index in [1.165, 1.54) is 11.3 Å². The average Bonchev–Trinajstić information content (AvgIpc) is 2.84. The lowest BCUT2D eigenvalue weighted by Gasteiger charge is -2.02. The predicted octanol–water partition coefficient (Wildman–Crippen LogP) is 3.19. The van der Waals surface area contributed by atoms with Gasteiger partial charge in [-0.1, -0.05) is 12.2 Å². The number of rotatable bonds is 3. The summed E-state index contributed by atoms with van der Waals surface area (Å²) in [7, 11) is 1.86. The molecule has 0 spiro atoms. The average molecular weight is 262 g/mol. The second-order valence-electron chi connectivity index (χ2n) is 3.96. The summed E-state index contributed by atoms with van der Waals surface area (Å²) in [6.07, 6.45) is 5.70. The lowest BCUT2D eigenvalue weighted by Crippen LogP contribution is -1.95. The van der Waals surface area contributed by atoms with Gasteiger partial charge in [0.2, 0.25) is 0 Å². The number of carboxylic acid groups (broad SMARTS) is 1. The number of nitrogens with zero attached hydrogens (tertiary/aromatic N) is 2. The van der Waals surface area contributed by atoms with Crippen molar-refractivity contribution in [1.82, 2.24) is 9.78 Å². The first-order chi connectivity index (χ1) is 8.54. The van der Waals surface area contributed by atoms with Crippen LogP contribution in [0.3, 0.4) is 0 Å². The van der Waals surface area contributed by atoms with E-state index in [1.54, 1.807) is 16.9 Å². The Kier molecular flexibility index (Phi) is 3.34. The van der Waals surface area contributed by atoms with Crippen molar-refractivity contribution >= 4 is 23.4 Å². The quantitative estimate of drug-likeness (QED) is 0.924. The van der Waals surface area contributed by atoms with E-state index in [0.29, 0.717) is 4.88 Å². The van der Waals surface area contributed by atoms with Gasteiger partial charge in [-0.2, -0.15) is 5.10 Å². The van der Waals surface area contributed by atoms with E-state index < -0.39 is 5.97 Å². The van der Waals surface area contributed by atoms with Crippen molar-refractivity contribution in [2.75, 3.05) is 0 Å². The molecule has 4 nitrogen and oxygen atoms in total. The lowest BCUT2D eigenvalue weighted by atomic mass is 10.1. The third kappa shape index (κ3) is 2.09. The molecule has 0 aliphatic carbocycles. The van der Waals surface area contributed by atoms with Crippen LogP contribution >= 0.6 is 11.3 Å². The zero-order chi connectivity index (χ0) is 13.3. The maximum atomic E-state index is 11.0. The van der Waals surface area contributed by atoms with Crippen LogP contribution in [-0.4, -0.2) is 20.9 Å². The molecule has 0 unspecified atom stereocenters. The van der Waals surface area contributed by atoms with Crippen LogP contribution in [0, 0.1) is 6.92 Å². The van der Waals surface area contributed by atoms with E-state index in [9.17, 15) is 4.79 Å². The molecule has 0 saturated heterocycles. The number of hydrogen-bond acceptors (Lipinski definition) is 3. The summed E-state index contributed by atoms with van der Waals surface area (Å²) < 4.78 is 1.77. The van der Waals surface area contributed by atoms with Gasteiger partial charge in [0, 0.05) is 23.1 Å². The minimum atomic E-state index is -0.885. The van der Waals surface area contributed by atoms with Crippen LogP contribution in [0.2, 0.25) is 0 Å². The molecule has 0 saturated carbocycles. The minimum Gasteiger partial charge on any atom is -0.477 e. The molecule has 0 fully saturated rings. The van der Waals surface area contributed by atoms with Crippen molar-refractivity contribution in [3.05, 3.63) is 33.7 Å². The Morgan fingerprint density at radius 1 is 1.56 bits per heavy atom. The Hall–Kier alpha value is -1.88. The number of carbonyl (C=O) groups is 1. The number of aromatic carboxylic acids is 1. The van der Waals surface area contributed by atoms with Crippen molar-refractivity contribution < 1.29 is 9.90 Å². The number of allylic oxidation sites excluding steroid dienone is 1. The summed E-state index contributed by atoms with van der Waals surface area (Å²) in [5.41, 5.74) is 2.89. The van der Waals surface area contributed by atoms with E-state index in [-0.39, 0.29) is 0 Å². The molecule has 2 aromatic rings. The van der Waals surface area contributed by atoms with Crippen LogP contribution in [-0.2, 0) is 7.05 Å². The zero-order valence-electron chi connectivity index (χ0n) is 10.5. The van der Waals surface area contributed by atoms with Gasteiger partial charge in [0.25, 0.3) is 0 Å². The van der Waals surface area contributed by atoms with Crippen LogP contribution < -0.4 is 0 Å². The van der Waals surface area contributed by atoms with E-state index in [4.69, 9.17) is 5.11 Å². The first-order valence-corrected chi connectivity index (χ1v) is 6.35. The molecule has 0 amide bonds. The second kappa shape index (κ2) is 4.78. The molecule has 0 radical (unpaired) electrons. The summed E-state index contributed by atoms with van der Waals surface area (Å²) in [6, 6.07) is 1.71. The van der Waals surface area contributed by atoms with Crippen LogP contribution in [0.5, 0.6) is 0 Å². The number of aromatic nitrogens is 2. The van der Waals surface area contributed by atoms with Gasteiger partial charge < -0.3 is 5.11 Å². The Bertz CT molecular complexity index is 623. The Labute approximate surface area is 109 Å². The fraction of sp³-hybridized carbons (Fsp3) is 0.231. The van der Waals surface area contributed by atoms with Crippen LogP contribution in [0.15, 0.2) is 18.3 Å². The molecule has 0 bridgehead atoms. The molecule has 0 aliphatic rings. The molecule has 0 aliphatic heterocycles. The minimum absolute atomic E-state index is 0.357. The van der Waals surface area contributed by atoms with Gasteiger partial charge in [-0.15, -0.1) is 11.3 Å². The standard InChI is InChI=1S/C13H14N2O2S/c1-4-5-9-7-14-15(3)12(9)10-6-11(13(16)17)18-8(10)2/h4-7H,1-3H3,(H,16,17)/b5-4-. The normalized spacial score (nSPS) is 11.3. The third-order valence-electron chi connectivity index (χ3n) is 2.70. The fourth-order valence-corrected chi connectivity index (χ4v) is 2.77.